The number of rotatable bonds is 9. The summed E-state index contributed by atoms with van der Waals surface area (Å²) in [5.41, 5.74) is 0.925. The van der Waals surface area contributed by atoms with Crippen molar-refractivity contribution in [3.05, 3.63) is 71.4 Å². The van der Waals surface area contributed by atoms with Crippen LogP contribution in [0, 0.1) is 11.3 Å². The van der Waals surface area contributed by atoms with E-state index in [9.17, 15) is 22.8 Å². The molecule has 0 saturated carbocycles. The molecule has 4 amide bonds. The summed E-state index contributed by atoms with van der Waals surface area (Å²) in [6.07, 6.45) is -3.08. The summed E-state index contributed by atoms with van der Waals surface area (Å²) >= 11 is 6.03. The minimum absolute atomic E-state index is 0.179. The van der Waals surface area contributed by atoms with Crippen molar-refractivity contribution in [2.45, 2.75) is 12.8 Å². The molecule has 0 saturated heterocycles. The summed E-state index contributed by atoms with van der Waals surface area (Å²) in [6, 6.07) is 13.1. The maximum atomic E-state index is 12.3. The van der Waals surface area contributed by atoms with Crippen LogP contribution >= 0.6 is 11.6 Å². The normalized spacial score (nSPS) is 10.6. The van der Waals surface area contributed by atoms with Crippen molar-refractivity contribution in [2.75, 3.05) is 29.1 Å². The molecule has 0 aliphatic carbocycles. The van der Waals surface area contributed by atoms with Crippen LogP contribution in [0.4, 0.5) is 40.0 Å². The third-order valence-electron chi connectivity index (χ3n) is 4.53. The molecule has 2 aromatic carbocycles. The minimum Gasteiger partial charge on any atom is -0.491 e. The molecule has 0 aliphatic rings. The predicted molar refractivity (Wildman–Crippen MR) is 133 cm³/mol. The second-order valence-electron chi connectivity index (χ2n) is 7.42. The standard InChI is InChI=1S/C24H20ClF3N6O4/c25-16-3-8-20(19(12-16)33-23(36)34-21-9-2-15(13-29)14-31-21)37-11-1-10-30-22(35)32-17-4-6-18(7-5-17)38-24(26,27)28/h2-9,12,14H,1,10-11H2,(H2,30,32,35)(H2,31,33,34,36). The zero-order valence-electron chi connectivity index (χ0n) is 19.4. The fourth-order valence-electron chi connectivity index (χ4n) is 2.90. The molecule has 0 aliphatic heterocycles. The Hall–Kier alpha value is -4.70. The SMILES string of the molecule is N#Cc1ccc(NC(=O)Nc2cc(Cl)ccc2OCCCNC(=O)Nc2ccc(OC(F)(F)F)cc2)nc1. The van der Waals surface area contributed by atoms with E-state index in [4.69, 9.17) is 21.6 Å². The summed E-state index contributed by atoms with van der Waals surface area (Å²) in [4.78, 5) is 28.3. The molecular weight excluding hydrogens is 529 g/mol. The highest BCUT2D eigenvalue weighted by atomic mass is 35.5. The van der Waals surface area contributed by atoms with Crippen molar-refractivity contribution < 1.29 is 32.2 Å². The number of hydrogen-bond acceptors (Lipinski definition) is 6. The highest BCUT2D eigenvalue weighted by molar-refractivity contribution is 6.31. The van der Waals surface area contributed by atoms with E-state index in [0.29, 0.717) is 28.4 Å². The summed E-state index contributed by atoms with van der Waals surface area (Å²) in [6.45, 7) is 0.404. The number of carbonyl (C=O) groups excluding carboxylic acids is 2. The molecule has 0 bridgehead atoms. The first kappa shape index (κ1) is 27.9. The average molecular weight is 549 g/mol. The topological polar surface area (TPSA) is 137 Å². The van der Waals surface area contributed by atoms with E-state index >= 15 is 0 Å². The highest BCUT2D eigenvalue weighted by Crippen LogP contribution is 2.28. The van der Waals surface area contributed by atoms with Gasteiger partial charge in [0, 0.05) is 23.5 Å². The Bertz CT molecular complexity index is 1300. The van der Waals surface area contributed by atoms with Crippen molar-refractivity contribution in [1.82, 2.24) is 10.3 Å². The number of ether oxygens (including phenoxy) is 2. The number of pyridine rings is 1. The lowest BCUT2D eigenvalue weighted by Crippen LogP contribution is -2.30. The number of alkyl halides is 3. The first-order chi connectivity index (χ1) is 18.1. The molecule has 1 aromatic heterocycles. The van der Waals surface area contributed by atoms with E-state index in [1.54, 1.807) is 12.1 Å². The molecule has 3 aromatic rings. The maximum absolute atomic E-state index is 12.3. The number of carbonyl (C=O) groups is 2. The zero-order chi connectivity index (χ0) is 27.5. The van der Waals surface area contributed by atoms with Crippen LogP contribution in [-0.4, -0.2) is 36.6 Å². The Labute approximate surface area is 219 Å². The third-order valence-corrected chi connectivity index (χ3v) is 4.77. The van der Waals surface area contributed by atoms with Crippen LogP contribution in [0.1, 0.15) is 12.0 Å². The van der Waals surface area contributed by atoms with Gasteiger partial charge in [0.25, 0.3) is 0 Å². The first-order valence-corrected chi connectivity index (χ1v) is 11.3. The summed E-state index contributed by atoms with van der Waals surface area (Å²) in [5, 5.41) is 19.4. The van der Waals surface area contributed by atoms with Gasteiger partial charge in [0.1, 0.15) is 23.4 Å². The number of benzene rings is 2. The van der Waals surface area contributed by atoms with Crippen molar-refractivity contribution in [3.8, 4) is 17.6 Å². The van der Waals surface area contributed by atoms with Gasteiger partial charge in [-0.25, -0.2) is 14.6 Å². The Morgan fingerprint density at radius 1 is 1.00 bits per heavy atom. The van der Waals surface area contributed by atoms with Gasteiger partial charge in [-0.2, -0.15) is 5.26 Å². The van der Waals surface area contributed by atoms with Gasteiger partial charge in [-0.3, -0.25) is 5.32 Å². The van der Waals surface area contributed by atoms with E-state index in [2.05, 4.69) is 31.0 Å². The summed E-state index contributed by atoms with van der Waals surface area (Å²) in [7, 11) is 0. The van der Waals surface area contributed by atoms with E-state index in [1.165, 1.54) is 36.5 Å². The quantitative estimate of drug-likeness (QED) is 0.252. The van der Waals surface area contributed by atoms with E-state index < -0.39 is 24.2 Å². The Morgan fingerprint density at radius 2 is 1.76 bits per heavy atom. The Balaban J connectivity index is 1.42. The number of nitrogens with zero attached hydrogens (tertiary/aromatic N) is 2. The molecule has 0 unspecified atom stereocenters. The van der Waals surface area contributed by atoms with Crippen molar-refractivity contribution in [2.24, 2.45) is 0 Å². The Kier molecular flexibility index (Phi) is 9.55. The monoisotopic (exact) mass is 548 g/mol. The number of nitrogens with one attached hydrogen (secondary N) is 4. The molecule has 10 nitrogen and oxygen atoms in total. The molecular formula is C24H20ClF3N6O4. The first-order valence-electron chi connectivity index (χ1n) is 10.9. The molecule has 0 fully saturated rings. The van der Waals surface area contributed by atoms with Gasteiger partial charge in [-0.1, -0.05) is 11.6 Å². The second-order valence-corrected chi connectivity index (χ2v) is 7.86. The van der Waals surface area contributed by atoms with Crippen LogP contribution in [0.15, 0.2) is 60.8 Å². The number of nitriles is 1. The van der Waals surface area contributed by atoms with E-state index in [0.717, 1.165) is 12.1 Å². The third kappa shape index (κ3) is 9.40. The van der Waals surface area contributed by atoms with Gasteiger partial charge >= 0.3 is 18.4 Å². The fraction of sp³-hybridized carbons (Fsp3) is 0.167. The zero-order valence-corrected chi connectivity index (χ0v) is 20.2. The van der Waals surface area contributed by atoms with Crippen molar-refractivity contribution >= 4 is 40.9 Å². The second kappa shape index (κ2) is 13.0. The lowest BCUT2D eigenvalue weighted by Gasteiger charge is -2.14. The number of anilines is 3. The van der Waals surface area contributed by atoms with E-state index in [1.807, 2.05) is 6.07 Å². The molecule has 3 rings (SSSR count). The number of amides is 4. The summed E-state index contributed by atoms with van der Waals surface area (Å²) in [5.74, 6) is 0.170. The molecule has 0 radical (unpaired) electrons. The van der Waals surface area contributed by atoms with Crippen LogP contribution in [0.5, 0.6) is 11.5 Å². The highest BCUT2D eigenvalue weighted by Gasteiger charge is 2.30. The van der Waals surface area contributed by atoms with Gasteiger partial charge in [-0.15, -0.1) is 13.2 Å². The van der Waals surface area contributed by atoms with Crippen LogP contribution < -0.4 is 30.7 Å². The van der Waals surface area contributed by atoms with Crippen LogP contribution in [-0.2, 0) is 0 Å². The molecule has 198 valence electrons. The average Bonchev–Trinajstić information content (AvgIpc) is 2.86. The molecule has 4 N–H and O–H groups in total. The van der Waals surface area contributed by atoms with Gasteiger partial charge in [-0.05, 0) is 61.0 Å². The Morgan fingerprint density at radius 3 is 2.42 bits per heavy atom. The number of hydrogen-bond donors (Lipinski definition) is 4. The van der Waals surface area contributed by atoms with Gasteiger partial charge in [0.05, 0.1) is 17.9 Å². The fourth-order valence-corrected chi connectivity index (χ4v) is 3.07. The number of aromatic nitrogens is 1. The molecule has 38 heavy (non-hydrogen) atoms. The minimum atomic E-state index is -4.80. The molecule has 1 heterocycles. The number of urea groups is 2. The predicted octanol–water partition coefficient (Wildman–Crippen LogP) is 5.74. The van der Waals surface area contributed by atoms with Crippen molar-refractivity contribution in [1.29, 1.82) is 5.26 Å². The smallest absolute Gasteiger partial charge is 0.491 e. The van der Waals surface area contributed by atoms with Gasteiger partial charge in [0.2, 0.25) is 0 Å². The lowest BCUT2D eigenvalue weighted by atomic mass is 10.3. The van der Waals surface area contributed by atoms with Crippen LogP contribution in [0.2, 0.25) is 5.02 Å². The van der Waals surface area contributed by atoms with E-state index in [-0.39, 0.29) is 24.7 Å². The van der Waals surface area contributed by atoms with Gasteiger partial charge in [0.15, 0.2) is 0 Å². The lowest BCUT2D eigenvalue weighted by molar-refractivity contribution is -0.274. The van der Waals surface area contributed by atoms with Crippen LogP contribution in [0.25, 0.3) is 0 Å². The number of halogens is 4. The van der Waals surface area contributed by atoms with Crippen molar-refractivity contribution in [3.63, 3.8) is 0 Å². The van der Waals surface area contributed by atoms with Gasteiger partial charge < -0.3 is 25.4 Å². The van der Waals surface area contributed by atoms with Crippen LogP contribution in [0.3, 0.4) is 0 Å². The molecule has 14 heteroatoms. The summed E-state index contributed by atoms with van der Waals surface area (Å²) < 4.78 is 46.1. The molecule has 0 atom stereocenters. The molecule has 0 spiro atoms. The largest absolute Gasteiger partial charge is 0.573 e. The maximum Gasteiger partial charge on any atom is 0.573 e.